The standard InChI is InChI=1S/C28H24N4O3S/c29-19-21-12-17-24(18-13-21)36(34,35)32-26-7-3-1-5-22(26)14-9-20-10-15-23(16-11-20)28(33)31-27-8-4-2-6-25(27)30/h1-8,10-13,15-18,32H,9,14,30H2,(H,31,33). The molecule has 7 nitrogen and oxygen atoms in total. The molecule has 0 bridgehead atoms. The number of aryl methyl sites for hydroxylation is 2. The van der Waals surface area contributed by atoms with Gasteiger partial charge in [-0.3, -0.25) is 9.52 Å². The van der Waals surface area contributed by atoms with E-state index < -0.39 is 10.0 Å². The van der Waals surface area contributed by atoms with E-state index in [0.29, 0.717) is 41.0 Å². The number of carbonyl (C=O) groups is 1. The summed E-state index contributed by atoms with van der Waals surface area (Å²) in [7, 11) is -3.80. The van der Waals surface area contributed by atoms with Gasteiger partial charge in [0, 0.05) is 5.56 Å². The minimum Gasteiger partial charge on any atom is -0.397 e. The van der Waals surface area contributed by atoms with Crippen molar-refractivity contribution in [2.45, 2.75) is 17.7 Å². The van der Waals surface area contributed by atoms with E-state index in [1.807, 2.05) is 30.3 Å². The highest BCUT2D eigenvalue weighted by Crippen LogP contribution is 2.23. The van der Waals surface area contributed by atoms with Crippen molar-refractivity contribution in [1.29, 1.82) is 5.26 Å². The predicted octanol–water partition coefficient (Wildman–Crippen LogP) is 4.98. The molecule has 0 spiro atoms. The second-order valence-corrected chi connectivity index (χ2v) is 9.82. The third-order valence-corrected chi connectivity index (χ3v) is 7.04. The highest BCUT2D eigenvalue weighted by molar-refractivity contribution is 7.92. The first kappa shape index (κ1) is 24.5. The van der Waals surface area contributed by atoms with Crippen molar-refractivity contribution in [3.63, 3.8) is 0 Å². The van der Waals surface area contributed by atoms with Gasteiger partial charge in [0.1, 0.15) is 0 Å². The molecular formula is C28H24N4O3S. The van der Waals surface area contributed by atoms with Crippen LogP contribution in [0.3, 0.4) is 0 Å². The number of hydrogen-bond donors (Lipinski definition) is 3. The minimum absolute atomic E-state index is 0.0856. The molecule has 0 aliphatic rings. The number of para-hydroxylation sites is 3. The van der Waals surface area contributed by atoms with Gasteiger partial charge in [-0.15, -0.1) is 0 Å². The van der Waals surface area contributed by atoms with E-state index in [-0.39, 0.29) is 10.8 Å². The Morgan fingerprint density at radius 2 is 1.44 bits per heavy atom. The zero-order valence-electron chi connectivity index (χ0n) is 19.3. The van der Waals surface area contributed by atoms with Gasteiger partial charge in [0.15, 0.2) is 0 Å². The van der Waals surface area contributed by atoms with Crippen LogP contribution in [0.25, 0.3) is 0 Å². The van der Waals surface area contributed by atoms with Crippen LogP contribution < -0.4 is 15.8 Å². The van der Waals surface area contributed by atoms with E-state index in [0.717, 1.165) is 11.1 Å². The van der Waals surface area contributed by atoms with Gasteiger partial charge in [-0.25, -0.2) is 8.42 Å². The Hall–Kier alpha value is -4.61. The largest absolute Gasteiger partial charge is 0.397 e. The maximum Gasteiger partial charge on any atom is 0.261 e. The maximum atomic E-state index is 12.8. The van der Waals surface area contributed by atoms with Gasteiger partial charge in [0.05, 0.1) is 33.6 Å². The summed E-state index contributed by atoms with van der Waals surface area (Å²) in [6.07, 6.45) is 1.25. The molecule has 8 heteroatoms. The molecule has 0 aliphatic heterocycles. The quantitative estimate of drug-likeness (QED) is 0.297. The van der Waals surface area contributed by atoms with Gasteiger partial charge < -0.3 is 11.1 Å². The Labute approximate surface area is 210 Å². The Morgan fingerprint density at radius 3 is 2.11 bits per heavy atom. The minimum atomic E-state index is -3.80. The molecule has 0 heterocycles. The number of nitrogens with zero attached hydrogens (tertiary/aromatic N) is 1. The van der Waals surface area contributed by atoms with Gasteiger partial charge >= 0.3 is 0 Å². The zero-order valence-corrected chi connectivity index (χ0v) is 20.1. The average Bonchev–Trinajstić information content (AvgIpc) is 2.89. The number of rotatable bonds is 8. The second kappa shape index (κ2) is 10.8. The lowest BCUT2D eigenvalue weighted by atomic mass is 10.0. The predicted molar refractivity (Wildman–Crippen MR) is 141 cm³/mol. The number of nitrogens with one attached hydrogen (secondary N) is 2. The summed E-state index contributed by atoms with van der Waals surface area (Å²) in [5.74, 6) is -0.248. The third-order valence-electron chi connectivity index (χ3n) is 5.66. The van der Waals surface area contributed by atoms with Crippen LogP contribution in [0.1, 0.15) is 27.0 Å². The van der Waals surface area contributed by atoms with E-state index in [4.69, 9.17) is 11.0 Å². The summed E-state index contributed by atoms with van der Waals surface area (Å²) in [4.78, 5) is 12.6. The van der Waals surface area contributed by atoms with Crippen LogP contribution in [0.4, 0.5) is 17.1 Å². The van der Waals surface area contributed by atoms with Gasteiger partial charge in [-0.1, -0.05) is 42.5 Å². The van der Waals surface area contributed by atoms with Gasteiger partial charge in [-0.2, -0.15) is 5.26 Å². The van der Waals surface area contributed by atoms with E-state index in [9.17, 15) is 13.2 Å². The smallest absolute Gasteiger partial charge is 0.261 e. The lowest BCUT2D eigenvalue weighted by Crippen LogP contribution is -2.14. The average molecular weight is 497 g/mol. The van der Waals surface area contributed by atoms with Crippen molar-refractivity contribution in [2.24, 2.45) is 0 Å². The molecule has 0 unspecified atom stereocenters. The van der Waals surface area contributed by atoms with E-state index >= 15 is 0 Å². The number of benzene rings is 4. The van der Waals surface area contributed by atoms with E-state index in [1.54, 1.807) is 48.5 Å². The molecule has 0 saturated heterocycles. The Bertz CT molecular complexity index is 1520. The fourth-order valence-corrected chi connectivity index (χ4v) is 4.76. The topological polar surface area (TPSA) is 125 Å². The van der Waals surface area contributed by atoms with Crippen LogP contribution in [0.15, 0.2) is 102 Å². The fourth-order valence-electron chi connectivity index (χ4n) is 3.66. The lowest BCUT2D eigenvalue weighted by Gasteiger charge is -2.13. The summed E-state index contributed by atoms with van der Waals surface area (Å²) in [6.45, 7) is 0. The number of nitrogen functional groups attached to an aromatic ring is 1. The van der Waals surface area contributed by atoms with Crippen LogP contribution in [-0.2, 0) is 22.9 Å². The molecule has 4 aromatic carbocycles. The number of nitriles is 1. The first-order valence-corrected chi connectivity index (χ1v) is 12.7. The molecule has 0 aromatic heterocycles. The van der Waals surface area contributed by atoms with Crippen molar-refractivity contribution < 1.29 is 13.2 Å². The molecule has 0 aliphatic carbocycles. The van der Waals surface area contributed by atoms with E-state index in [2.05, 4.69) is 10.0 Å². The van der Waals surface area contributed by atoms with Crippen molar-refractivity contribution >= 4 is 33.0 Å². The number of sulfonamides is 1. The van der Waals surface area contributed by atoms with Crippen molar-refractivity contribution in [1.82, 2.24) is 0 Å². The second-order valence-electron chi connectivity index (χ2n) is 8.14. The fraction of sp³-hybridized carbons (Fsp3) is 0.0714. The van der Waals surface area contributed by atoms with E-state index in [1.165, 1.54) is 24.3 Å². The number of nitrogens with two attached hydrogens (primary N) is 1. The molecule has 4 aromatic rings. The Kier molecular flexibility index (Phi) is 7.33. The molecule has 4 N–H and O–H groups in total. The summed E-state index contributed by atoms with van der Waals surface area (Å²) < 4.78 is 28.3. The summed E-state index contributed by atoms with van der Waals surface area (Å²) in [5.41, 5.74) is 10.2. The first-order chi connectivity index (χ1) is 17.4. The van der Waals surface area contributed by atoms with Crippen LogP contribution in [-0.4, -0.2) is 14.3 Å². The van der Waals surface area contributed by atoms with Crippen LogP contribution in [0, 0.1) is 11.3 Å². The number of carbonyl (C=O) groups excluding carboxylic acids is 1. The molecule has 4 rings (SSSR count). The molecule has 36 heavy (non-hydrogen) atoms. The molecule has 0 saturated carbocycles. The number of amides is 1. The van der Waals surface area contributed by atoms with Gasteiger partial charge in [-0.05, 0) is 78.6 Å². The zero-order chi connectivity index (χ0) is 25.5. The maximum absolute atomic E-state index is 12.8. The van der Waals surface area contributed by atoms with Gasteiger partial charge in [0.2, 0.25) is 0 Å². The Morgan fingerprint density at radius 1 is 0.806 bits per heavy atom. The third kappa shape index (κ3) is 5.90. The molecule has 1 amide bonds. The van der Waals surface area contributed by atoms with Crippen molar-refractivity contribution in [3.05, 3.63) is 119 Å². The van der Waals surface area contributed by atoms with Crippen LogP contribution in [0.5, 0.6) is 0 Å². The first-order valence-electron chi connectivity index (χ1n) is 11.2. The highest BCUT2D eigenvalue weighted by atomic mass is 32.2. The lowest BCUT2D eigenvalue weighted by molar-refractivity contribution is 0.102. The van der Waals surface area contributed by atoms with Crippen molar-refractivity contribution in [3.8, 4) is 6.07 Å². The van der Waals surface area contributed by atoms with Crippen LogP contribution >= 0.6 is 0 Å². The van der Waals surface area contributed by atoms with Crippen molar-refractivity contribution in [2.75, 3.05) is 15.8 Å². The van der Waals surface area contributed by atoms with Gasteiger partial charge in [0.25, 0.3) is 15.9 Å². The number of hydrogen-bond acceptors (Lipinski definition) is 5. The molecule has 0 fully saturated rings. The number of anilines is 3. The molecule has 180 valence electrons. The monoisotopic (exact) mass is 496 g/mol. The Balaban J connectivity index is 1.42. The normalized spacial score (nSPS) is 10.9. The van der Waals surface area contributed by atoms with Crippen LogP contribution in [0.2, 0.25) is 0 Å². The highest BCUT2D eigenvalue weighted by Gasteiger charge is 2.16. The molecule has 0 atom stereocenters. The molecule has 0 radical (unpaired) electrons. The molecular weight excluding hydrogens is 472 g/mol. The summed E-state index contributed by atoms with van der Waals surface area (Å²) in [5, 5.41) is 11.7. The SMILES string of the molecule is N#Cc1ccc(S(=O)(=O)Nc2ccccc2CCc2ccc(C(=O)Nc3ccccc3N)cc2)cc1. The summed E-state index contributed by atoms with van der Waals surface area (Å²) >= 11 is 0. The summed E-state index contributed by atoms with van der Waals surface area (Å²) in [6, 6.07) is 29.3.